The minimum atomic E-state index is -0.112. The van der Waals surface area contributed by atoms with Gasteiger partial charge in [0.05, 0.1) is 13.3 Å². The molecule has 0 bridgehead atoms. The van der Waals surface area contributed by atoms with Gasteiger partial charge in [0.15, 0.2) is 11.5 Å². The Bertz CT molecular complexity index is 818. The third kappa shape index (κ3) is 6.58. The van der Waals surface area contributed by atoms with Crippen molar-refractivity contribution in [1.29, 1.82) is 0 Å². The minimum Gasteiger partial charge on any atom is -0.504 e. The first kappa shape index (κ1) is 20.8. The summed E-state index contributed by atoms with van der Waals surface area (Å²) in [5.74, 6) is 0.322. The first-order valence-electron chi connectivity index (χ1n) is 9.81. The van der Waals surface area contributed by atoms with Crippen LogP contribution in [0, 0.1) is 0 Å². The Hall–Kier alpha value is -2.90. The number of rotatable bonds is 8. The van der Waals surface area contributed by atoms with E-state index in [-0.39, 0.29) is 11.7 Å². The first-order chi connectivity index (χ1) is 14.1. The summed E-state index contributed by atoms with van der Waals surface area (Å²) in [6, 6.07) is 15.4. The second-order valence-corrected chi connectivity index (χ2v) is 7.08. The van der Waals surface area contributed by atoms with E-state index in [1.54, 1.807) is 12.1 Å². The fourth-order valence-electron chi connectivity index (χ4n) is 3.28. The molecule has 1 amide bonds. The molecule has 1 heterocycles. The monoisotopic (exact) mass is 396 g/mol. The Balaban J connectivity index is 1.35. The van der Waals surface area contributed by atoms with Crippen LogP contribution in [0.5, 0.6) is 11.5 Å². The van der Waals surface area contributed by atoms with Crippen molar-refractivity contribution < 1.29 is 14.6 Å². The molecular formula is C22H28N4O3. The highest BCUT2D eigenvalue weighted by Crippen LogP contribution is 2.25. The van der Waals surface area contributed by atoms with Crippen molar-refractivity contribution in [1.82, 2.24) is 15.2 Å². The van der Waals surface area contributed by atoms with Crippen molar-refractivity contribution in [2.24, 2.45) is 5.10 Å². The molecule has 1 aliphatic heterocycles. The highest BCUT2D eigenvalue weighted by atomic mass is 16.5. The van der Waals surface area contributed by atoms with Crippen LogP contribution in [-0.4, -0.2) is 66.9 Å². The Morgan fingerprint density at radius 3 is 2.59 bits per heavy atom. The third-order valence-corrected chi connectivity index (χ3v) is 4.98. The summed E-state index contributed by atoms with van der Waals surface area (Å²) in [6.45, 7) is 5.67. The lowest BCUT2D eigenvalue weighted by Gasteiger charge is -2.34. The Kier molecular flexibility index (Phi) is 7.61. The zero-order chi connectivity index (χ0) is 20.5. The van der Waals surface area contributed by atoms with E-state index < -0.39 is 0 Å². The van der Waals surface area contributed by atoms with Gasteiger partial charge in [0, 0.05) is 45.7 Å². The van der Waals surface area contributed by atoms with Crippen molar-refractivity contribution in [3.8, 4) is 11.5 Å². The molecule has 1 aliphatic rings. The molecule has 2 aromatic carbocycles. The highest BCUT2D eigenvalue weighted by molar-refractivity contribution is 5.83. The van der Waals surface area contributed by atoms with Crippen LogP contribution in [0.1, 0.15) is 17.5 Å². The van der Waals surface area contributed by atoms with Crippen molar-refractivity contribution in [2.45, 2.75) is 13.0 Å². The lowest BCUT2D eigenvalue weighted by atomic mass is 10.2. The number of nitrogens with one attached hydrogen (secondary N) is 1. The van der Waals surface area contributed by atoms with Crippen LogP contribution in [0.3, 0.4) is 0 Å². The molecule has 7 heteroatoms. The fourth-order valence-corrected chi connectivity index (χ4v) is 3.28. The zero-order valence-electron chi connectivity index (χ0n) is 16.8. The second-order valence-electron chi connectivity index (χ2n) is 7.08. The Morgan fingerprint density at radius 1 is 1.14 bits per heavy atom. The zero-order valence-corrected chi connectivity index (χ0v) is 16.8. The van der Waals surface area contributed by atoms with Gasteiger partial charge in [-0.25, -0.2) is 5.43 Å². The van der Waals surface area contributed by atoms with Crippen LogP contribution in [0.2, 0.25) is 0 Å². The maximum Gasteiger partial charge on any atom is 0.241 e. The number of phenolic OH excluding ortho intramolecular Hbond substituents is 1. The van der Waals surface area contributed by atoms with Gasteiger partial charge in [0.25, 0.3) is 0 Å². The van der Waals surface area contributed by atoms with Gasteiger partial charge in [-0.05, 0) is 29.3 Å². The summed E-state index contributed by atoms with van der Waals surface area (Å²) in [7, 11) is 1.49. The summed E-state index contributed by atoms with van der Waals surface area (Å²) in [6.07, 6.45) is 1.94. The van der Waals surface area contributed by atoms with E-state index in [2.05, 4.69) is 44.6 Å². The SMILES string of the molecule is COc1cc(C=NNC(=O)CCN2CCN(Cc3ccccc3)CC2)ccc1O. The third-order valence-electron chi connectivity index (χ3n) is 4.98. The van der Waals surface area contributed by atoms with Gasteiger partial charge in [-0.15, -0.1) is 0 Å². The molecular weight excluding hydrogens is 368 g/mol. The van der Waals surface area contributed by atoms with Gasteiger partial charge in [0.2, 0.25) is 5.91 Å². The number of hydrogen-bond donors (Lipinski definition) is 2. The van der Waals surface area contributed by atoms with Gasteiger partial charge in [0.1, 0.15) is 0 Å². The number of aromatic hydroxyl groups is 1. The average molecular weight is 396 g/mol. The number of carbonyl (C=O) groups is 1. The molecule has 2 N–H and O–H groups in total. The number of methoxy groups -OCH3 is 1. The van der Waals surface area contributed by atoms with E-state index in [0.29, 0.717) is 12.2 Å². The largest absolute Gasteiger partial charge is 0.504 e. The van der Waals surface area contributed by atoms with Crippen molar-refractivity contribution in [2.75, 3.05) is 39.8 Å². The van der Waals surface area contributed by atoms with Crippen LogP contribution < -0.4 is 10.2 Å². The molecule has 29 heavy (non-hydrogen) atoms. The molecule has 0 spiro atoms. The van der Waals surface area contributed by atoms with Gasteiger partial charge in [-0.2, -0.15) is 5.10 Å². The fraction of sp³-hybridized carbons (Fsp3) is 0.364. The average Bonchev–Trinajstić information content (AvgIpc) is 2.75. The number of amides is 1. The standard InChI is InChI=1S/C22H28N4O3/c1-29-21-15-19(7-8-20(21)27)16-23-24-22(28)9-10-25-11-13-26(14-12-25)17-18-5-3-2-4-6-18/h2-8,15-16,27H,9-14,17H2,1H3,(H,24,28). The highest BCUT2D eigenvalue weighted by Gasteiger charge is 2.17. The normalized spacial score (nSPS) is 15.5. The first-order valence-corrected chi connectivity index (χ1v) is 9.81. The molecule has 0 saturated carbocycles. The van der Waals surface area contributed by atoms with E-state index in [9.17, 15) is 9.90 Å². The number of carbonyl (C=O) groups excluding carboxylic acids is 1. The van der Waals surface area contributed by atoms with Crippen molar-refractivity contribution >= 4 is 12.1 Å². The van der Waals surface area contributed by atoms with Gasteiger partial charge in [-0.3, -0.25) is 9.69 Å². The van der Waals surface area contributed by atoms with E-state index in [1.165, 1.54) is 25.0 Å². The maximum atomic E-state index is 12.0. The van der Waals surface area contributed by atoms with Crippen LogP contribution in [0.25, 0.3) is 0 Å². The lowest BCUT2D eigenvalue weighted by molar-refractivity contribution is -0.121. The summed E-state index contributed by atoms with van der Waals surface area (Å²) < 4.78 is 5.05. The van der Waals surface area contributed by atoms with Crippen LogP contribution in [0.4, 0.5) is 0 Å². The lowest BCUT2D eigenvalue weighted by Crippen LogP contribution is -2.46. The molecule has 154 valence electrons. The van der Waals surface area contributed by atoms with Crippen molar-refractivity contribution in [3.63, 3.8) is 0 Å². The Morgan fingerprint density at radius 2 is 1.86 bits per heavy atom. The predicted octanol–water partition coefficient (Wildman–Crippen LogP) is 2.06. The Labute approximate surface area is 171 Å². The van der Waals surface area contributed by atoms with Gasteiger partial charge >= 0.3 is 0 Å². The topological polar surface area (TPSA) is 77.4 Å². The maximum absolute atomic E-state index is 12.0. The molecule has 0 aliphatic carbocycles. The smallest absolute Gasteiger partial charge is 0.241 e. The summed E-state index contributed by atoms with van der Waals surface area (Å²) in [5.41, 5.74) is 4.62. The van der Waals surface area contributed by atoms with E-state index in [1.807, 2.05) is 6.07 Å². The molecule has 0 unspecified atom stereocenters. The summed E-state index contributed by atoms with van der Waals surface area (Å²) >= 11 is 0. The molecule has 1 saturated heterocycles. The van der Waals surface area contributed by atoms with Crippen LogP contribution in [0.15, 0.2) is 53.6 Å². The van der Waals surface area contributed by atoms with Crippen LogP contribution in [-0.2, 0) is 11.3 Å². The number of hydrazone groups is 1. The van der Waals surface area contributed by atoms with E-state index in [4.69, 9.17) is 4.74 Å². The van der Waals surface area contributed by atoms with Crippen LogP contribution >= 0.6 is 0 Å². The quantitative estimate of drug-likeness (QED) is 0.528. The number of piperazine rings is 1. The molecule has 0 radical (unpaired) electrons. The van der Waals surface area contributed by atoms with E-state index >= 15 is 0 Å². The number of nitrogens with zero attached hydrogens (tertiary/aromatic N) is 3. The second kappa shape index (κ2) is 10.6. The number of hydrogen-bond acceptors (Lipinski definition) is 6. The molecule has 1 fully saturated rings. The van der Waals surface area contributed by atoms with Gasteiger partial charge in [-0.1, -0.05) is 30.3 Å². The number of benzene rings is 2. The molecule has 2 aromatic rings. The number of phenols is 1. The minimum absolute atomic E-state index is 0.0672. The molecule has 0 aromatic heterocycles. The molecule has 3 rings (SSSR count). The van der Waals surface area contributed by atoms with Crippen molar-refractivity contribution in [3.05, 3.63) is 59.7 Å². The summed E-state index contributed by atoms with van der Waals surface area (Å²) in [4.78, 5) is 16.8. The van der Waals surface area contributed by atoms with Gasteiger partial charge < -0.3 is 14.7 Å². The molecule has 7 nitrogen and oxygen atoms in total. The summed E-state index contributed by atoms with van der Waals surface area (Å²) in [5, 5.41) is 13.6. The molecule has 0 atom stereocenters. The number of ether oxygens (including phenoxy) is 1. The van der Waals surface area contributed by atoms with E-state index in [0.717, 1.165) is 44.8 Å². The predicted molar refractivity (Wildman–Crippen MR) is 113 cm³/mol.